The maximum Gasteiger partial charge on any atom is 0.246 e. The molecule has 2 aromatic rings. The number of ether oxygens (including phenoxy) is 1. The first-order valence-electron chi connectivity index (χ1n) is 13.2. The normalized spacial score (nSPS) is 32.4. The minimum absolute atomic E-state index is 0.00600. The maximum atomic E-state index is 13.7. The topological polar surface area (TPSA) is 73.2 Å². The van der Waals surface area contributed by atoms with Crippen molar-refractivity contribution in [1.29, 1.82) is 0 Å². The van der Waals surface area contributed by atoms with Crippen LogP contribution in [0, 0.1) is 5.92 Å². The molecule has 2 aromatic carbocycles. The lowest BCUT2D eigenvalue weighted by Crippen LogP contribution is -2.78. The average molecular weight is 489 g/mol. The van der Waals surface area contributed by atoms with Crippen LogP contribution in [0.25, 0.3) is 6.08 Å². The highest BCUT2D eigenvalue weighted by molar-refractivity contribution is 5.92. The lowest BCUT2D eigenvalue weighted by Gasteiger charge is -2.64. The molecular formula is C30H36N2O4. The summed E-state index contributed by atoms with van der Waals surface area (Å²) in [6.45, 7) is 5.70. The number of nitrogens with zero attached hydrogens (tertiary/aromatic N) is 2. The molecule has 6 rings (SSSR count). The maximum absolute atomic E-state index is 13.7. The number of carbonyl (C=O) groups excluding carboxylic acids is 1. The third-order valence-electron chi connectivity index (χ3n) is 9.16. The second-order valence-corrected chi connectivity index (χ2v) is 11.6. The molecule has 1 spiro atoms. The van der Waals surface area contributed by atoms with Gasteiger partial charge in [-0.15, -0.1) is 0 Å². The summed E-state index contributed by atoms with van der Waals surface area (Å²) < 4.78 is 6.65. The highest BCUT2D eigenvalue weighted by Gasteiger charge is 2.73. The van der Waals surface area contributed by atoms with E-state index in [9.17, 15) is 15.0 Å². The van der Waals surface area contributed by atoms with Gasteiger partial charge < -0.3 is 24.7 Å². The SMILES string of the molecule is CC(C)CN(C(=O)/C=C/c1ccccc1)C1CC[C@@]2(O)[C@H]3Cc4ccc(O)c5c4[C@@]2(CCN3C)C1O5. The molecule has 2 N–H and O–H groups in total. The zero-order valence-corrected chi connectivity index (χ0v) is 21.4. The number of phenols is 1. The van der Waals surface area contributed by atoms with Gasteiger partial charge in [0.05, 0.1) is 17.1 Å². The molecule has 1 saturated carbocycles. The molecule has 36 heavy (non-hydrogen) atoms. The van der Waals surface area contributed by atoms with Crippen LogP contribution in [0.2, 0.25) is 0 Å². The summed E-state index contributed by atoms with van der Waals surface area (Å²) in [6, 6.07) is 13.4. The first-order chi connectivity index (χ1) is 17.3. The summed E-state index contributed by atoms with van der Waals surface area (Å²) >= 11 is 0. The summed E-state index contributed by atoms with van der Waals surface area (Å²) in [6.07, 6.45) is 5.88. The van der Waals surface area contributed by atoms with Gasteiger partial charge in [0.15, 0.2) is 11.5 Å². The van der Waals surface area contributed by atoms with Crippen molar-refractivity contribution in [3.8, 4) is 11.5 Å². The molecule has 2 aliphatic heterocycles. The molecule has 2 unspecified atom stereocenters. The minimum Gasteiger partial charge on any atom is -0.504 e. The first kappa shape index (κ1) is 23.6. The van der Waals surface area contributed by atoms with Crippen LogP contribution in [0.4, 0.5) is 0 Å². The van der Waals surface area contributed by atoms with Crippen LogP contribution >= 0.6 is 0 Å². The van der Waals surface area contributed by atoms with E-state index in [4.69, 9.17) is 4.74 Å². The summed E-state index contributed by atoms with van der Waals surface area (Å²) in [5.41, 5.74) is 1.53. The molecule has 5 atom stereocenters. The Kier molecular flexibility index (Phi) is 5.47. The summed E-state index contributed by atoms with van der Waals surface area (Å²) in [4.78, 5) is 18.0. The van der Waals surface area contributed by atoms with Crippen molar-refractivity contribution >= 4 is 12.0 Å². The van der Waals surface area contributed by atoms with E-state index in [1.165, 1.54) is 0 Å². The smallest absolute Gasteiger partial charge is 0.246 e. The highest BCUT2D eigenvalue weighted by Crippen LogP contribution is 2.65. The van der Waals surface area contributed by atoms with Gasteiger partial charge >= 0.3 is 0 Å². The molecule has 0 aromatic heterocycles. The van der Waals surface area contributed by atoms with E-state index < -0.39 is 17.1 Å². The van der Waals surface area contributed by atoms with Crippen LogP contribution in [-0.4, -0.2) is 69.8 Å². The second kappa shape index (κ2) is 8.35. The molecule has 0 radical (unpaired) electrons. The Morgan fingerprint density at radius 3 is 2.75 bits per heavy atom. The number of aromatic hydroxyl groups is 1. The van der Waals surface area contributed by atoms with E-state index in [1.54, 1.807) is 12.1 Å². The molecule has 4 aliphatic rings. The Bertz CT molecular complexity index is 1210. The number of piperidine rings is 1. The van der Waals surface area contributed by atoms with Gasteiger partial charge in [0.25, 0.3) is 0 Å². The predicted molar refractivity (Wildman–Crippen MR) is 139 cm³/mol. The number of benzene rings is 2. The molecule has 6 heteroatoms. The van der Waals surface area contributed by atoms with Gasteiger partial charge in [-0.05, 0) is 68.5 Å². The summed E-state index contributed by atoms with van der Waals surface area (Å²) in [5.74, 6) is 0.884. The minimum atomic E-state index is -0.959. The molecule has 2 fully saturated rings. The van der Waals surface area contributed by atoms with E-state index in [1.807, 2.05) is 47.4 Å². The number of likely N-dealkylation sites (tertiary alicyclic amines) is 1. The van der Waals surface area contributed by atoms with Crippen molar-refractivity contribution < 1.29 is 19.7 Å². The average Bonchev–Trinajstić information content (AvgIpc) is 3.22. The van der Waals surface area contributed by atoms with Crippen LogP contribution in [0.5, 0.6) is 11.5 Å². The zero-order chi connectivity index (χ0) is 25.2. The number of rotatable bonds is 5. The molecular weight excluding hydrogens is 452 g/mol. The van der Waals surface area contributed by atoms with Gasteiger partial charge in [0.1, 0.15) is 6.10 Å². The third kappa shape index (κ3) is 3.20. The summed E-state index contributed by atoms with van der Waals surface area (Å²) in [7, 11) is 2.10. The molecule has 2 bridgehead atoms. The van der Waals surface area contributed by atoms with Crippen LogP contribution in [0.3, 0.4) is 0 Å². The van der Waals surface area contributed by atoms with Gasteiger partial charge in [-0.3, -0.25) is 4.79 Å². The van der Waals surface area contributed by atoms with Crippen molar-refractivity contribution in [2.75, 3.05) is 20.1 Å². The van der Waals surface area contributed by atoms with Crippen LogP contribution < -0.4 is 4.74 Å². The van der Waals surface area contributed by atoms with Crippen molar-refractivity contribution in [3.05, 3.63) is 65.2 Å². The Labute approximate surface area is 213 Å². The number of likely N-dealkylation sites (N-methyl/N-ethyl adjacent to an activating group) is 1. The van der Waals surface area contributed by atoms with Crippen molar-refractivity contribution in [1.82, 2.24) is 9.80 Å². The fourth-order valence-corrected chi connectivity index (χ4v) is 7.66. The molecule has 2 heterocycles. The lowest BCUT2D eigenvalue weighted by atomic mass is 9.48. The fraction of sp³-hybridized carbons (Fsp3) is 0.500. The van der Waals surface area contributed by atoms with Crippen LogP contribution in [0.15, 0.2) is 48.5 Å². The van der Waals surface area contributed by atoms with E-state index in [2.05, 4.69) is 25.8 Å². The zero-order valence-electron chi connectivity index (χ0n) is 21.4. The number of hydrogen-bond acceptors (Lipinski definition) is 5. The molecule has 6 nitrogen and oxygen atoms in total. The van der Waals surface area contributed by atoms with Gasteiger partial charge in [-0.25, -0.2) is 0 Å². The number of phenolic OH excluding ortho intramolecular Hbond substituents is 1. The van der Waals surface area contributed by atoms with E-state index in [-0.39, 0.29) is 29.7 Å². The van der Waals surface area contributed by atoms with Gasteiger partial charge in [0.2, 0.25) is 5.91 Å². The first-order valence-corrected chi connectivity index (χ1v) is 13.2. The van der Waals surface area contributed by atoms with Crippen LogP contribution in [0.1, 0.15) is 49.8 Å². The molecule has 190 valence electrons. The molecule has 2 aliphatic carbocycles. The Morgan fingerprint density at radius 2 is 2.00 bits per heavy atom. The summed E-state index contributed by atoms with van der Waals surface area (Å²) in [5, 5.41) is 23.2. The van der Waals surface area contributed by atoms with Gasteiger partial charge in [0, 0.05) is 24.2 Å². The quantitative estimate of drug-likeness (QED) is 0.628. The Hall–Kier alpha value is -2.83. The Morgan fingerprint density at radius 1 is 1.22 bits per heavy atom. The van der Waals surface area contributed by atoms with Gasteiger partial charge in [-0.1, -0.05) is 50.2 Å². The highest BCUT2D eigenvalue weighted by atomic mass is 16.5. The Balaban J connectivity index is 1.43. The lowest BCUT2D eigenvalue weighted by molar-refractivity contribution is -0.197. The second-order valence-electron chi connectivity index (χ2n) is 11.6. The number of amides is 1. The van der Waals surface area contributed by atoms with Crippen molar-refractivity contribution in [3.63, 3.8) is 0 Å². The van der Waals surface area contributed by atoms with E-state index in [0.29, 0.717) is 25.1 Å². The number of carbonyl (C=O) groups is 1. The largest absolute Gasteiger partial charge is 0.504 e. The number of aliphatic hydroxyl groups is 1. The van der Waals surface area contributed by atoms with Crippen molar-refractivity contribution in [2.24, 2.45) is 5.92 Å². The van der Waals surface area contributed by atoms with Crippen molar-refractivity contribution in [2.45, 2.75) is 68.7 Å². The third-order valence-corrected chi connectivity index (χ3v) is 9.16. The fourth-order valence-electron chi connectivity index (χ4n) is 7.66. The monoisotopic (exact) mass is 488 g/mol. The van der Waals surface area contributed by atoms with Gasteiger partial charge in [-0.2, -0.15) is 0 Å². The standard InChI is InChI=1S/C30H36N2O4/c1-19(2)18-32(25(34)12-9-20-7-5-4-6-8-20)22-13-14-30(35)24-17-21-10-11-23(33)27-26(21)29(30,28(22)36-27)15-16-31(24)3/h4-12,19,22,24,28,33,35H,13-18H2,1-3H3/b12-9+/t22?,24-,28?,29+,30-/m1/s1. The van der Waals surface area contributed by atoms with Crippen LogP contribution in [-0.2, 0) is 16.6 Å². The molecule has 1 amide bonds. The van der Waals surface area contributed by atoms with E-state index in [0.717, 1.165) is 36.1 Å². The van der Waals surface area contributed by atoms with E-state index >= 15 is 0 Å². The number of hydrogen-bond donors (Lipinski definition) is 2. The molecule has 1 saturated heterocycles. The predicted octanol–water partition coefficient (Wildman–Crippen LogP) is 3.74.